The molecule has 25 heavy (non-hydrogen) atoms. The topological polar surface area (TPSA) is 67.0 Å². The minimum Gasteiger partial charge on any atom is -0.376 e. The van der Waals surface area contributed by atoms with Gasteiger partial charge in [-0.3, -0.25) is 4.79 Å². The summed E-state index contributed by atoms with van der Waals surface area (Å²) >= 11 is 0. The summed E-state index contributed by atoms with van der Waals surface area (Å²) in [6.45, 7) is 8.49. The summed E-state index contributed by atoms with van der Waals surface area (Å²) in [6.07, 6.45) is 7.29. The van der Waals surface area contributed by atoms with Crippen molar-refractivity contribution in [1.82, 2.24) is 9.88 Å². The van der Waals surface area contributed by atoms with Gasteiger partial charge in [-0.1, -0.05) is 19.8 Å². The number of rotatable bonds is 8. The van der Waals surface area contributed by atoms with E-state index in [0.717, 1.165) is 62.2 Å². The number of aryl methyl sites for hydroxylation is 1. The lowest BCUT2D eigenvalue weighted by atomic mass is 10.1. The Labute approximate surface area is 150 Å². The van der Waals surface area contributed by atoms with E-state index in [1.54, 1.807) is 6.08 Å². The number of aromatic nitrogens is 1. The minimum atomic E-state index is -0.289. The average molecular weight is 343 g/mol. The Balaban J connectivity index is 2.09. The number of unbranched alkanes of at least 4 members (excludes halogenated alkanes) is 2. The molecule has 0 aromatic carbocycles. The summed E-state index contributed by atoms with van der Waals surface area (Å²) in [5, 5.41) is 12.2. The van der Waals surface area contributed by atoms with Gasteiger partial charge in [-0.25, -0.2) is 0 Å². The van der Waals surface area contributed by atoms with Crippen LogP contribution in [0.15, 0.2) is 11.6 Å². The summed E-state index contributed by atoms with van der Waals surface area (Å²) in [4.78, 5) is 12.2. The van der Waals surface area contributed by atoms with E-state index in [0.29, 0.717) is 6.54 Å². The first-order valence-corrected chi connectivity index (χ1v) is 9.25. The smallest absolute Gasteiger partial charge is 0.261 e. The van der Waals surface area contributed by atoms with Gasteiger partial charge in [-0.05, 0) is 50.8 Å². The van der Waals surface area contributed by atoms with Gasteiger partial charge in [-0.2, -0.15) is 5.26 Å². The molecule has 1 amide bonds. The van der Waals surface area contributed by atoms with Crippen LogP contribution in [0.3, 0.4) is 0 Å². The van der Waals surface area contributed by atoms with Gasteiger partial charge in [0, 0.05) is 31.1 Å². The Kier molecular flexibility index (Phi) is 7.27. The molecule has 1 fully saturated rings. The number of hydrogen-bond donors (Lipinski definition) is 1. The third-order valence-electron chi connectivity index (χ3n) is 4.75. The van der Waals surface area contributed by atoms with E-state index >= 15 is 0 Å². The zero-order valence-corrected chi connectivity index (χ0v) is 15.6. The lowest BCUT2D eigenvalue weighted by Gasteiger charge is -2.14. The van der Waals surface area contributed by atoms with Crippen LogP contribution >= 0.6 is 0 Å². The molecule has 5 nitrogen and oxygen atoms in total. The van der Waals surface area contributed by atoms with Crippen LogP contribution in [-0.4, -0.2) is 29.7 Å². The van der Waals surface area contributed by atoms with Crippen molar-refractivity contribution in [3.05, 3.63) is 28.6 Å². The Morgan fingerprint density at radius 3 is 2.92 bits per heavy atom. The summed E-state index contributed by atoms with van der Waals surface area (Å²) < 4.78 is 7.95. The van der Waals surface area contributed by atoms with E-state index in [9.17, 15) is 10.1 Å². The monoisotopic (exact) mass is 343 g/mol. The number of nitrogens with one attached hydrogen (secondary N) is 1. The molecule has 0 bridgehead atoms. The first kappa shape index (κ1) is 19.3. The highest BCUT2D eigenvalue weighted by atomic mass is 16.5. The number of ether oxygens (including phenoxy) is 1. The molecule has 1 saturated heterocycles. The highest BCUT2D eigenvalue weighted by Crippen LogP contribution is 2.22. The number of amides is 1. The lowest BCUT2D eigenvalue weighted by Crippen LogP contribution is -2.25. The average Bonchev–Trinajstić information content (AvgIpc) is 3.20. The van der Waals surface area contributed by atoms with Crippen molar-refractivity contribution < 1.29 is 9.53 Å². The molecule has 1 aliphatic rings. The number of carbonyl (C=O) groups excluding carboxylic acids is 1. The predicted octanol–water partition coefficient (Wildman–Crippen LogP) is 3.50. The van der Waals surface area contributed by atoms with E-state index in [2.05, 4.69) is 23.7 Å². The van der Waals surface area contributed by atoms with Crippen LogP contribution in [0.2, 0.25) is 0 Å². The molecule has 0 saturated carbocycles. The summed E-state index contributed by atoms with van der Waals surface area (Å²) in [5.74, 6) is -0.289. The molecule has 1 N–H and O–H groups in total. The number of nitriles is 1. The molecule has 2 heterocycles. The van der Waals surface area contributed by atoms with Crippen molar-refractivity contribution in [3.8, 4) is 6.07 Å². The maximum atomic E-state index is 12.2. The molecule has 1 aromatic rings. The molecular formula is C20H29N3O2. The Morgan fingerprint density at radius 1 is 1.48 bits per heavy atom. The summed E-state index contributed by atoms with van der Waals surface area (Å²) in [5.41, 5.74) is 3.28. The predicted molar refractivity (Wildman–Crippen MR) is 99.0 cm³/mol. The lowest BCUT2D eigenvalue weighted by molar-refractivity contribution is -0.117. The molecule has 1 aromatic heterocycles. The Bertz CT molecular complexity index is 661. The van der Waals surface area contributed by atoms with Crippen LogP contribution < -0.4 is 5.32 Å². The van der Waals surface area contributed by atoms with Crippen LogP contribution in [0, 0.1) is 25.2 Å². The molecule has 1 unspecified atom stereocenters. The SMILES string of the molecule is CCCCCNC(=O)/C(C#N)=C/c1cc(C)n(CC2CCCO2)c1C. The fraction of sp³-hybridized carbons (Fsp3) is 0.600. The molecule has 5 heteroatoms. The summed E-state index contributed by atoms with van der Waals surface area (Å²) in [6, 6.07) is 4.07. The van der Waals surface area contributed by atoms with E-state index < -0.39 is 0 Å². The van der Waals surface area contributed by atoms with Crippen molar-refractivity contribution in [3.63, 3.8) is 0 Å². The van der Waals surface area contributed by atoms with Gasteiger partial charge < -0.3 is 14.6 Å². The molecule has 136 valence electrons. The second-order valence-electron chi connectivity index (χ2n) is 6.70. The number of hydrogen-bond acceptors (Lipinski definition) is 3. The van der Waals surface area contributed by atoms with Crippen LogP contribution in [0.25, 0.3) is 6.08 Å². The number of carbonyl (C=O) groups is 1. The molecule has 2 rings (SSSR count). The number of nitrogens with zero attached hydrogens (tertiary/aromatic N) is 2. The fourth-order valence-corrected chi connectivity index (χ4v) is 3.22. The molecule has 0 aliphatic carbocycles. The molecule has 0 spiro atoms. The second-order valence-corrected chi connectivity index (χ2v) is 6.70. The van der Waals surface area contributed by atoms with Gasteiger partial charge in [0.1, 0.15) is 11.6 Å². The van der Waals surface area contributed by atoms with E-state index in [1.165, 1.54) is 0 Å². The van der Waals surface area contributed by atoms with Gasteiger partial charge in [-0.15, -0.1) is 0 Å². The fourth-order valence-electron chi connectivity index (χ4n) is 3.22. The van der Waals surface area contributed by atoms with Crippen molar-refractivity contribution >= 4 is 12.0 Å². The molecule has 1 atom stereocenters. The van der Waals surface area contributed by atoms with Gasteiger partial charge in [0.25, 0.3) is 5.91 Å². The van der Waals surface area contributed by atoms with Crippen molar-refractivity contribution in [2.45, 2.75) is 65.5 Å². The van der Waals surface area contributed by atoms with Crippen molar-refractivity contribution in [2.75, 3.05) is 13.2 Å². The standard InChI is InChI=1S/C20H29N3O2/c1-4-5-6-9-22-20(24)18(13-21)12-17-11-15(2)23(16(17)3)14-19-8-7-10-25-19/h11-12,19H,4-10,14H2,1-3H3,(H,22,24)/b18-12+. The molecule has 0 radical (unpaired) electrons. The van der Waals surface area contributed by atoms with Crippen LogP contribution in [0.1, 0.15) is 56.0 Å². The van der Waals surface area contributed by atoms with Crippen LogP contribution in [0.4, 0.5) is 0 Å². The highest BCUT2D eigenvalue weighted by molar-refractivity contribution is 6.01. The molecular weight excluding hydrogens is 314 g/mol. The van der Waals surface area contributed by atoms with Crippen LogP contribution in [-0.2, 0) is 16.1 Å². The van der Waals surface area contributed by atoms with Crippen LogP contribution in [0.5, 0.6) is 0 Å². The third-order valence-corrected chi connectivity index (χ3v) is 4.75. The van der Waals surface area contributed by atoms with E-state index in [-0.39, 0.29) is 17.6 Å². The largest absolute Gasteiger partial charge is 0.376 e. The Morgan fingerprint density at radius 2 is 2.28 bits per heavy atom. The van der Waals surface area contributed by atoms with E-state index in [1.807, 2.05) is 19.1 Å². The zero-order valence-electron chi connectivity index (χ0n) is 15.6. The maximum absolute atomic E-state index is 12.2. The highest BCUT2D eigenvalue weighted by Gasteiger charge is 2.19. The minimum absolute atomic E-state index is 0.161. The van der Waals surface area contributed by atoms with Gasteiger partial charge >= 0.3 is 0 Å². The van der Waals surface area contributed by atoms with Gasteiger partial charge in [0.05, 0.1) is 6.10 Å². The first-order chi connectivity index (χ1) is 12.1. The van der Waals surface area contributed by atoms with E-state index in [4.69, 9.17) is 4.74 Å². The Hall–Kier alpha value is -2.06. The van der Waals surface area contributed by atoms with Crippen molar-refractivity contribution in [2.24, 2.45) is 0 Å². The normalized spacial score (nSPS) is 17.5. The van der Waals surface area contributed by atoms with Gasteiger partial charge in [0.2, 0.25) is 0 Å². The third kappa shape index (κ3) is 5.20. The van der Waals surface area contributed by atoms with Crippen molar-refractivity contribution in [1.29, 1.82) is 5.26 Å². The maximum Gasteiger partial charge on any atom is 0.261 e. The summed E-state index contributed by atoms with van der Waals surface area (Å²) in [7, 11) is 0. The quantitative estimate of drug-likeness (QED) is 0.446. The van der Waals surface area contributed by atoms with Gasteiger partial charge in [0.15, 0.2) is 0 Å². The first-order valence-electron chi connectivity index (χ1n) is 9.25. The molecule has 1 aliphatic heterocycles. The second kappa shape index (κ2) is 9.43. The zero-order chi connectivity index (χ0) is 18.2.